The summed E-state index contributed by atoms with van der Waals surface area (Å²) in [5.41, 5.74) is -0.324. The van der Waals surface area contributed by atoms with Gasteiger partial charge < -0.3 is 14.6 Å². The van der Waals surface area contributed by atoms with Crippen LogP contribution in [0.3, 0.4) is 0 Å². The molecule has 0 aliphatic carbocycles. The van der Waals surface area contributed by atoms with Gasteiger partial charge in [0.1, 0.15) is 0 Å². The van der Waals surface area contributed by atoms with E-state index in [1.54, 1.807) is 13.1 Å². The second-order valence-corrected chi connectivity index (χ2v) is 5.96. The fourth-order valence-electron chi connectivity index (χ4n) is 2.94. The first-order chi connectivity index (χ1) is 13.7. The summed E-state index contributed by atoms with van der Waals surface area (Å²) in [6.45, 7) is 1.81. The van der Waals surface area contributed by atoms with E-state index in [1.165, 1.54) is 4.74 Å². The van der Waals surface area contributed by atoms with Crippen LogP contribution in [0, 0.1) is 0 Å². The summed E-state index contributed by atoms with van der Waals surface area (Å²) in [6.07, 6.45) is 1.62. The number of hydrogen-bond donors (Lipinski definition) is 1. The van der Waals surface area contributed by atoms with Crippen molar-refractivity contribution in [2.75, 3.05) is 11.9 Å². The fraction of sp³-hybridized carbons (Fsp3) is 0.0952. The zero-order chi connectivity index (χ0) is 19.5. The summed E-state index contributed by atoms with van der Waals surface area (Å²) in [5.74, 6) is -0.198. The Labute approximate surface area is 160 Å². The van der Waals surface area contributed by atoms with Crippen LogP contribution in [0.25, 0.3) is 16.6 Å². The van der Waals surface area contributed by atoms with Crippen LogP contribution >= 0.6 is 0 Å². The van der Waals surface area contributed by atoms with Gasteiger partial charge in [-0.1, -0.05) is 42.5 Å². The van der Waals surface area contributed by atoms with Gasteiger partial charge in [-0.3, -0.25) is 0 Å². The lowest BCUT2D eigenvalue weighted by Crippen LogP contribution is -2.15. The zero-order valence-electron chi connectivity index (χ0n) is 15.1. The number of esters is 1. The van der Waals surface area contributed by atoms with Gasteiger partial charge in [0.15, 0.2) is 17.2 Å². The monoisotopic (exact) mass is 375 g/mol. The lowest BCUT2D eigenvalue weighted by molar-refractivity contribution is 0.0524. The Morgan fingerprint density at radius 2 is 1.86 bits per heavy atom. The average Bonchev–Trinajstić information content (AvgIpc) is 3.04. The van der Waals surface area contributed by atoms with E-state index >= 15 is 0 Å². The number of carbonyl (C=O) groups excluding carboxylic acids is 1. The molecule has 0 saturated heterocycles. The van der Waals surface area contributed by atoms with Gasteiger partial charge in [-0.25, -0.2) is 14.6 Å². The third-order valence-corrected chi connectivity index (χ3v) is 4.18. The molecule has 2 aromatic carbocycles. The number of anilines is 2. The molecule has 4 aromatic rings. The number of fused-ring (bicyclic) bond motifs is 1. The number of para-hydroxylation sites is 1. The van der Waals surface area contributed by atoms with E-state index in [9.17, 15) is 9.59 Å². The molecule has 0 amide bonds. The summed E-state index contributed by atoms with van der Waals surface area (Å²) in [7, 11) is 0. The van der Waals surface area contributed by atoms with Crippen LogP contribution in [-0.2, 0) is 4.74 Å². The third-order valence-electron chi connectivity index (χ3n) is 4.18. The standard InChI is InChI=1S/C21H17N3O4/c1-2-27-20(25)17-19(23-15-9-4-3-5-10-15)24(28-21(17)26)18-16-11-7-6-8-14(16)12-13-22-18/h3-13,23H,2H2,1H3. The number of rotatable bonds is 5. The van der Waals surface area contributed by atoms with E-state index in [1.807, 2.05) is 60.7 Å². The summed E-state index contributed by atoms with van der Waals surface area (Å²) in [6, 6.07) is 18.6. The highest BCUT2D eigenvalue weighted by Gasteiger charge is 2.27. The Balaban J connectivity index is 1.95. The number of carbonyl (C=O) groups is 1. The van der Waals surface area contributed by atoms with Crippen molar-refractivity contribution in [2.24, 2.45) is 0 Å². The van der Waals surface area contributed by atoms with Crippen LogP contribution in [0.15, 0.2) is 76.2 Å². The number of nitrogens with one attached hydrogen (secondary N) is 1. The lowest BCUT2D eigenvalue weighted by atomic mass is 10.1. The molecule has 0 radical (unpaired) electrons. The Morgan fingerprint density at radius 3 is 2.64 bits per heavy atom. The first kappa shape index (κ1) is 17.5. The Kier molecular flexibility index (Phi) is 4.63. The Morgan fingerprint density at radius 1 is 1.11 bits per heavy atom. The first-order valence-corrected chi connectivity index (χ1v) is 8.78. The molecule has 0 aliphatic heterocycles. The molecular weight excluding hydrogens is 358 g/mol. The van der Waals surface area contributed by atoms with E-state index < -0.39 is 11.6 Å². The van der Waals surface area contributed by atoms with Gasteiger partial charge in [-0.2, -0.15) is 0 Å². The van der Waals surface area contributed by atoms with Gasteiger partial charge >= 0.3 is 11.6 Å². The second kappa shape index (κ2) is 7.40. The maximum absolute atomic E-state index is 12.5. The summed E-state index contributed by atoms with van der Waals surface area (Å²) in [5, 5.41) is 4.79. The average molecular weight is 375 g/mol. The van der Waals surface area contributed by atoms with Crippen molar-refractivity contribution in [1.82, 2.24) is 9.72 Å². The predicted molar refractivity (Wildman–Crippen MR) is 105 cm³/mol. The molecule has 2 heterocycles. The van der Waals surface area contributed by atoms with Crippen LogP contribution in [0.5, 0.6) is 0 Å². The minimum absolute atomic E-state index is 0.140. The molecule has 7 heteroatoms. The van der Waals surface area contributed by atoms with Crippen LogP contribution in [0.4, 0.5) is 11.5 Å². The first-order valence-electron chi connectivity index (χ1n) is 8.78. The largest absolute Gasteiger partial charge is 0.462 e. The quantitative estimate of drug-likeness (QED) is 0.533. The minimum atomic E-state index is -0.799. The molecule has 0 spiro atoms. The molecule has 0 unspecified atom stereocenters. The number of ether oxygens (including phenoxy) is 1. The van der Waals surface area contributed by atoms with Crippen molar-refractivity contribution < 1.29 is 14.1 Å². The molecule has 140 valence electrons. The number of hydrogen-bond acceptors (Lipinski definition) is 6. The second-order valence-electron chi connectivity index (χ2n) is 5.96. The summed E-state index contributed by atoms with van der Waals surface area (Å²) >= 11 is 0. The summed E-state index contributed by atoms with van der Waals surface area (Å²) < 4.78 is 11.7. The molecule has 7 nitrogen and oxygen atoms in total. The van der Waals surface area contributed by atoms with Crippen molar-refractivity contribution in [3.05, 3.63) is 82.8 Å². The van der Waals surface area contributed by atoms with Crippen molar-refractivity contribution in [3.8, 4) is 5.82 Å². The van der Waals surface area contributed by atoms with E-state index in [2.05, 4.69) is 10.3 Å². The SMILES string of the molecule is CCOC(=O)c1c(Nc2ccccc2)n(-c2nccc3ccccc23)oc1=O. The molecular formula is C21H17N3O4. The highest BCUT2D eigenvalue weighted by molar-refractivity contribution is 5.96. The van der Waals surface area contributed by atoms with E-state index in [4.69, 9.17) is 9.26 Å². The molecule has 0 atom stereocenters. The van der Waals surface area contributed by atoms with Crippen molar-refractivity contribution in [2.45, 2.75) is 6.92 Å². The third kappa shape index (κ3) is 3.14. The zero-order valence-corrected chi connectivity index (χ0v) is 15.1. The van der Waals surface area contributed by atoms with E-state index in [0.717, 1.165) is 10.8 Å². The molecule has 0 bridgehead atoms. The van der Waals surface area contributed by atoms with Gasteiger partial charge in [0, 0.05) is 17.3 Å². The number of pyridine rings is 1. The van der Waals surface area contributed by atoms with E-state index in [0.29, 0.717) is 11.5 Å². The highest BCUT2D eigenvalue weighted by atomic mass is 16.5. The van der Waals surface area contributed by atoms with Gasteiger partial charge in [0.2, 0.25) is 0 Å². The topological polar surface area (TPSA) is 86.4 Å². The number of nitrogens with zero attached hydrogens (tertiary/aromatic N) is 2. The Bertz CT molecular complexity index is 1190. The molecule has 2 aromatic heterocycles. The van der Waals surface area contributed by atoms with E-state index in [-0.39, 0.29) is 18.0 Å². The molecule has 0 fully saturated rings. The highest BCUT2D eigenvalue weighted by Crippen LogP contribution is 2.27. The molecule has 0 saturated carbocycles. The van der Waals surface area contributed by atoms with Crippen LogP contribution in [-0.4, -0.2) is 22.3 Å². The molecule has 4 rings (SSSR count). The Hall–Kier alpha value is -3.87. The van der Waals surface area contributed by atoms with Crippen molar-refractivity contribution >= 4 is 28.2 Å². The maximum atomic E-state index is 12.5. The van der Waals surface area contributed by atoms with Crippen molar-refractivity contribution in [1.29, 1.82) is 0 Å². The maximum Gasteiger partial charge on any atom is 0.374 e. The molecule has 0 aliphatic rings. The fourth-order valence-corrected chi connectivity index (χ4v) is 2.94. The molecule has 28 heavy (non-hydrogen) atoms. The van der Waals surface area contributed by atoms with Gasteiger partial charge in [0.05, 0.1) is 6.61 Å². The lowest BCUT2D eigenvalue weighted by Gasteiger charge is -2.11. The van der Waals surface area contributed by atoms with Crippen molar-refractivity contribution in [3.63, 3.8) is 0 Å². The van der Waals surface area contributed by atoms with Crippen LogP contribution < -0.4 is 10.9 Å². The number of aromatic nitrogens is 2. The molecule has 1 N–H and O–H groups in total. The normalized spacial score (nSPS) is 10.8. The van der Waals surface area contributed by atoms with Gasteiger partial charge in [-0.05, 0) is 30.5 Å². The number of benzene rings is 2. The smallest absolute Gasteiger partial charge is 0.374 e. The summed E-state index contributed by atoms with van der Waals surface area (Å²) in [4.78, 5) is 29.3. The van der Waals surface area contributed by atoms with Crippen LogP contribution in [0.1, 0.15) is 17.3 Å². The van der Waals surface area contributed by atoms with Crippen LogP contribution in [0.2, 0.25) is 0 Å². The van der Waals surface area contributed by atoms with Gasteiger partial charge in [0.25, 0.3) is 0 Å². The van der Waals surface area contributed by atoms with Gasteiger partial charge in [-0.15, -0.1) is 4.74 Å². The predicted octanol–water partition coefficient (Wildman–Crippen LogP) is 3.90. The minimum Gasteiger partial charge on any atom is -0.462 e.